The number of sulfonamides is 1. The molecule has 1 amide bonds. The summed E-state index contributed by atoms with van der Waals surface area (Å²) in [6, 6.07) is 18.2. The van der Waals surface area contributed by atoms with Crippen LogP contribution in [-0.4, -0.2) is 20.9 Å². The van der Waals surface area contributed by atoms with Crippen molar-refractivity contribution in [3.05, 3.63) is 66.2 Å². The monoisotopic (exact) mass is 366 g/mol. The van der Waals surface area contributed by atoms with E-state index in [-0.39, 0.29) is 10.8 Å². The number of nitrogens with zero attached hydrogens (tertiary/aromatic N) is 1. The number of benzene rings is 3. The predicted molar refractivity (Wildman–Crippen MR) is 103 cm³/mol. The van der Waals surface area contributed by atoms with Crippen LogP contribution in [0.25, 0.3) is 10.8 Å². The minimum Gasteiger partial charge on any atom is -0.312 e. The molecule has 0 fully saturated rings. The fraction of sp³-hybridized carbons (Fsp3) is 0.150. The summed E-state index contributed by atoms with van der Waals surface area (Å²) < 4.78 is 28.2. The molecule has 1 heterocycles. The van der Waals surface area contributed by atoms with Gasteiger partial charge in [0.2, 0.25) is 5.91 Å². The van der Waals surface area contributed by atoms with Gasteiger partial charge in [-0.25, -0.2) is 8.42 Å². The van der Waals surface area contributed by atoms with Crippen LogP contribution < -0.4 is 9.62 Å². The summed E-state index contributed by atoms with van der Waals surface area (Å²) in [6.45, 7) is 2.10. The number of anilines is 2. The van der Waals surface area contributed by atoms with Crippen molar-refractivity contribution in [3.8, 4) is 0 Å². The first-order chi connectivity index (χ1) is 12.4. The number of carbonyl (C=O) groups is 1. The summed E-state index contributed by atoms with van der Waals surface area (Å²) in [5, 5.41) is 2.02. The molecule has 0 aliphatic carbocycles. The smallest absolute Gasteiger partial charge is 0.261 e. The van der Waals surface area contributed by atoms with Gasteiger partial charge < -0.3 is 4.90 Å². The van der Waals surface area contributed by atoms with Gasteiger partial charge in [-0.1, -0.05) is 30.3 Å². The molecule has 5 nitrogen and oxygen atoms in total. The summed E-state index contributed by atoms with van der Waals surface area (Å²) in [7, 11) is -3.69. The summed E-state index contributed by atoms with van der Waals surface area (Å²) in [5.41, 5.74) is 2.19. The lowest BCUT2D eigenvalue weighted by Gasteiger charge is -2.15. The van der Waals surface area contributed by atoms with E-state index in [2.05, 4.69) is 4.72 Å². The molecule has 3 aromatic carbocycles. The SMILES string of the molecule is CC(=O)N1CCc2cc(S(=O)(=O)Nc3ccc4ccccc4c3)ccc21. The molecule has 0 saturated carbocycles. The number of fused-ring (bicyclic) bond motifs is 2. The van der Waals surface area contributed by atoms with Gasteiger partial charge in [-0.05, 0) is 53.1 Å². The van der Waals surface area contributed by atoms with Gasteiger partial charge in [0.25, 0.3) is 10.0 Å². The zero-order valence-corrected chi connectivity index (χ0v) is 15.1. The molecular formula is C20H18N2O3S. The second kappa shape index (κ2) is 6.14. The van der Waals surface area contributed by atoms with E-state index in [0.29, 0.717) is 18.7 Å². The van der Waals surface area contributed by atoms with E-state index in [0.717, 1.165) is 22.0 Å². The van der Waals surface area contributed by atoms with Crippen molar-refractivity contribution < 1.29 is 13.2 Å². The zero-order valence-electron chi connectivity index (χ0n) is 14.3. The van der Waals surface area contributed by atoms with Crippen molar-refractivity contribution in [1.82, 2.24) is 0 Å². The van der Waals surface area contributed by atoms with Crippen LogP contribution in [0.15, 0.2) is 65.6 Å². The van der Waals surface area contributed by atoms with Gasteiger partial charge in [-0.3, -0.25) is 9.52 Å². The molecule has 1 aliphatic heterocycles. The molecule has 132 valence electrons. The van der Waals surface area contributed by atoms with Crippen molar-refractivity contribution in [2.24, 2.45) is 0 Å². The lowest BCUT2D eigenvalue weighted by atomic mass is 10.1. The largest absolute Gasteiger partial charge is 0.312 e. The predicted octanol–water partition coefficient (Wildman–Crippen LogP) is 3.55. The maximum atomic E-state index is 12.8. The molecule has 0 bridgehead atoms. The van der Waals surface area contributed by atoms with Crippen LogP contribution in [0, 0.1) is 0 Å². The van der Waals surface area contributed by atoms with Crippen LogP contribution in [0.3, 0.4) is 0 Å². The minimum absolute atomic E-state index is 0.0337. The van der Waals surface area contributed by atoms with Gasteiger partial charge in [-0.15, -0.1) is 0 Å². The Morgan fingerprint density at radius 1 is 1.00 bits per heavy atom. The molecule has 0 radical (unpaired) electrons. The van der Waals surface area contributed by atoms with E-state index in [1.807, 2.05) is 36.4 Å². The van der Waals surface area contributed by atoms with E-state index in [4.69, 9.17) is 0 Å². The molecule has 0 atom stereocenters. The van der Waals surface area contributed by atoms with Crippen LogP contribution in [-0.2, 0) is 21.2 Å². The first kappa shape index (κ1) is 16.6. The average molecular weight is 366 g/mol. The maximum absolute atomic E-state index is 12.8. The Hall–Kier alpha value is -2.86. The Morgan fingerprint density at radius 2 is 1.77 bits per heavy atom. The fourth-order valence-corrected chi connectivity index (χ4v) is 4.44. The van der Waals surface area contributed by atoms with E-state index in [1.165, 1.54) is 6.92 Å². The summed E-state index contributed by atoms with van der Waals surface area (Å²) >= 11 is 0. The van der Waals surface area contributed by atoms with Gasteiger partial charge in [-0.2, -0.15) is 0 Å². The molecule has 0 unspecified atom stereocenters. The van der Waals surface area contributed by atoms with E-state index in [9.17, 15) is 13.2 Å². The number of carbonyl (C=O) groups excluding carboxylic acids is 1. The number of hydrogen-bond donors (Lipinski definition) is 1. The standard InChI is InChI=1S/C20H18N2O3S/c1-14(23)22-11-10-17-13-19(8-9-20(17)22)26(24,25)21-18-7-6-15-4-2-3-5-16(15)12-18/h2-9,12-13,21H,10-11H2,1H3. The Morgan fingerprint density at radius 3 is 2.54 bits per heavy atom. The van der Waals surface area contributed by atoms with Gasteiger partial charge in [0, 0.05) is 24.8 Å². The highest BCUT2D eigenvalue weighted by atomic mass is 32.2. The number of hydrogen-bond acceptors (Lipinski definition) is 3. The summed E-state index contributed by atoms with van der Waals surface area (Å²) in [6.07, 6.45) is 0.661. The highest BCUT2D eigenvalue weighted by molar-refractivity contribution is 7.92. The van der Waals surface area contributed by atoms with E-state index < -0.39 is 10.0 Å². The molecule has 1 aliphatic rings. The number of amides is 1. The third-order valence-electron chi connectivity index (χ3n) is 4.64. The Kier molecular flexibility index (Phi) is 3.92. The van der Waals surface area contributed by atoms with Crippen molar-refractivity contribution in [3.63, 3.8) is 0 Å². The Bertz CT molecular complexity index is 1120. The van der Waals surface area contributed by atoms with Crippen LogP contribution in [0.4, 0.5) is 11.4 Å². The third kappa shape index (κ3) is 2.93. The second-order valence-electron chi connectivity index (χ2n) is 6.38. The first-order valence-corrected chi connectivity index (χ1v) is 9.85. The Labute approximate surface area is 152 Å². The van der Waals surface area contributed by atoms with Crippen molar-refractivity contribution in [1.29, 1.82) is 0 Å². The molecule has 0 spiro atoms. The third-order valence-corrected chi connectivity index (χ3v) is 6.02. The lowest BCUT2D eigenvalue weighted by molar-refractivity contribution is -0.116. The topological polar surface area (TPSA) is 66.5 Å². The first-order valence-electron chi connectivity index (χ1n) is 8.37. The van der Waals surface area contributed by atoms with E-state index in [1.54, 1.807) is 29.2 Å². The average Bonchev–Trinajstić information content (AvgIpc) is 3.05. The molecule has 4 rings (SSSR count). The number of nitrogens with one attached hydrogen (secondary N) is 1. The van der Waals surface area contributed by atoms with Gasteiger partial charge in [0.05, 0.1) is 4.90 Å². The van der Waals surface area contributed by atoms with Gasteiger partial charge in [0.15, 0.2) is 0 Å². The van der Waals surface area contributed by atoms with Gasteiger partial charge >= 0.3 is 0 Å². The van der Waals surface area contributed by atoms with Crippen LogP contribution in [0.1, 0.15) is 12.5 Å². The molecule has 1 N–H and O–H groups in total. The highest BCUT2D eigenvalue weighted by Crippen LogP contribution is 2.31. The Balaban J connectivity index is 1.65. The molecule has 26 heavy (non-hydrogen) atoms. The molecule has 3 aromatic rings. The maximum Gasteiger partial charge on any atom is 0.261 e. The molecular weight excluding hydrogens is 348 g/mol. The molecule has 0 aromatic heterocycles. The fourth-order valence-electron chi connectivity index (χ4n) is 3.34. The normalized spacial score (nSPS) is 13.7. The summed E-state index contributed by atoms with van der Waals surface area (Å²) in [5.74, 6) is -0.0337. The summed E-state index contributed by atoms with van der Waals surface area (Å²) in [4.78, 5) is 13.5. The van der Waals surface area contributed by atoms with Crippen LogP contribution in [0.2, 0.25) is 0 Å². The van der Waals surface area contributed by atoms with Crippen LogP contribution in [0.5, 0.6) is 0 Å². The van der Waals surface area contributed by atoms with Crippen molar-refractivity contribution >= 4 is 38.1 Å². The zero-order chi connectivity index (χ0) is 18.3. The quantitative estimate of drug-likeness (QED) is 0.771. The van der Waals surface area contributed by atoms with Crippen molar-refractivity contribution in [2.75, 3.05) is 16.2 Å². The molecule has 6 heteroatoms. The van der Waals surface area contributed by atoms with Gasteiger partial charge in [0.1, 0.15) is 0 Å². The highest BCUT2D eigenvalue weighted by Gasteiger charge is 2.24. The second-order valence-corrected chi connectivity index (χ2v) is 8.06. The van der Waals surface area contributed by atoms with Crippen LogP contribution >= 0.6 is 0 Å². The van der Waals surface area contributed by atoms with Crippen molar-refractivity contribution in [2.45, 2.75) is 18.2 Å². The minimum atomic E-state index is -3.69. The number of rotatable bonds is 3. The lowest BCUT2D eigenvalue weighted by Crippen LogP contribution is -2.25. The van der Waals surface area contributed by atoms with E-state index >= 15 is 0 Å². The molecule has 0 saturated heterocycles.